The maximum absolute atomic E-state index is 12.6. The Morgan fingerprint density at radius 3 is 2.64 bits per heavy atom. The summed E-state index contributed by atoms with van der Waals surface area (Å²) in [5.74, 6) is 1.24. The average molecular weight is 379 g/mol. The number of nitrogens with one attached hydrogen (secondary N) is 1. The van der Waals surface area contributed by atoms with Gasteiger partial charge in [-0.05, 0) is 43.2 Å². The van der Waals surface area contributed by atoms with Crippen LogP contribution in [0.4, 0.5) is 11.6 Å². The minimum atomic E-state index is 0.00505. The number of aromatic nitrogens is 3. The molecule has 0 unspecified atom stereocenters. The van der Waals surface area contributed by atoms with Gasteiger partial charge < -0.3 is 15.8 Å². The highest BCUT2D eigenvalue weighted by molar-refractivity contribution is 5.75. The lowest BCUT2D eigenvalue weighted by molar-refractivity contribution is 0.328. The number of ether oxygens (including phenoxy) is 1. The fraction of sp³-hybridized carbons (Fsp3) is 0.381. The molecule has 0 atom stereocenters. The molecule has 0 saturated heterocycles. The Balaban J connectivity index is 1.62. The maximum Gasteiger partial charge on any atom is 0.252 e. The lowest BCUT2D eigenvalue weighted by atomic mass is 9.95. The van der Waals surface area contributed by atoms with Crippen molar-refractivity contribution in [1.29, 1.82) is 0 Å². The van der Waals surface area contributed by atoms with Crippen LogP contribution in [0.25, 0.3) is 11.0 Å². The van der Waals surface area contributed by atoms with Crippen molar-refractivity contribution in [2.75, 3.05) is 18.5 Å². The van der Waals surface area contributed by atoms with Gasteiger partial charge in [-0.15, -0.1) is 0 Å². The van der Waals surface area contributed by atoms with E-state index in [0.717, 1.165) is 42.5 Å². The van der Waals surface area contributed by atoms with E-state index in [4.69, 9.17) is 10.5 Å². The molecule has 1 saturated carbocycles. The van der Waals surface area contributed by atoms with Crippen molar-refractivity contribution in [2.45, 2.75) is 38.1 Å². The van der Waals surface area contributed by atoms with Crippen LogP contribution in [0.2, 0.25) is 0 Å². The van der Waals surface area contributed by atoms with Gasteiger partial charge in [0.15, 0.2) is 0 Å². The Morgan fingerprint density at radius 1 is 1.11 bits per heavy atom. The minimum Gasteiger partial charge on any atom is -0.492 e. The van der Waals surface area contributed by atoms with Gasteiger partial charge in [0.05, 0.1) is 0 Å². The van der Waals surface area contributed by atoms with Crippen LogP contribution >= 0.6 is 0 Å². The SMILES string of the molecule is NCCOc1ccc(Nc2ncc3ccc(=O)n(C4CCCCC4)c3n2)cc1. The van der Waals surface area contributed by atoms with Gasteiger partial charge in [0, 0.05) is 35.9 Å². The van der Waals surface area contributed by atoms with Crippen LogP contribution in [-0.2, 0) is 0 Å². The van der Waals surface area contributed by atoms with Crippen LogP contribution in [0.1, 0.15) is 38.1 Å². The fourth-order valence-electron chi connectivity index (χ4n) is 3.73. The zero-order chi connectivity index (χ0) is 19.3. The van der Waals surface area contributed by atoms with Gasteiger partial charge in [0.2, 0.25) is 5.95 Å². The summed E-state index contributed by atoms with van der Waals surface area (Å²) in [6.45, 7) is 0.965. The summed E-state index contributed by atoms with van der Waals surface area (Å²) in [7, 11) is 0. The van der Waals surface area contributed by atoms with Gasteiger partial charge in [0.25, 0.3) is 5.56 Å². The number of nitrogens with zero attached hydrogens (tertiary/aromatic N) is 3. The van der Waals surface area contributed by atoms with E-state index in [1.54, 1.807) is 18.3 Å². The van der Waals surface area contributed by atoms with Crippen molar-refractivity contribution < 1.29 is 4.74 Å². The Bertz CT molecular complexity index is 994. The zero-order valence-corrected chi connectivity index (χ0v) is 15.8. The maximum atomic E-state index is 12.6. The van der Waals surface area contributed by atoms with Crippen molar-refractivity contribution in [3.8, 4) is 5.75 Å². The first kappa shape index (κ1) is 18.4. The lowest BCUT2D eigenvalue weighted by Gasteiger charge is -2.24. The summed E-state index contributed by atoms with van der Waals surface area (Å²) < 4.78 is 7.34. The zero-order valence-electron chi connectivity index (χ0n) is 15.8. The molecule has 0 radical (unpaired) electrons. The van der Waals surface area contributed by atoms with Crippen LogP contribution < -0.4 is 21.3 Å². The predicted octanol–water partition coefficient (Wildman–Crippen LogP) is 3.38. The van der Waals surface area contributed by atoms with Crippen molar-refractivity contribution in [2.24, 2.45) is 5.73 Å². The average Bonchev–Trinajstić information content (AvgIpc) is 2.74. The molecule has 146 valence electrons. The van der Waals surface area contributed by atoms with E-state index in [2.05, 4.69) is 15.3 Å². The van der Waals surface area contributed by atoms with E-state index in [9.17, 15) is 4.79 Å². The number of pyridine rings is 1. The van der Waals surface area contributed by atoms with Crippen molar-refractivity contribution in [3.05, 3.63) is 52.9 Å². The molecule has 0 spiro atoms. The molecule has 2 heterocycles. The molecule has 1 aliphatic carbocycles. The molecule has 0 amide bonds. The Hall–Kier alpha value is -2.93. The molecule has 0 aliphatic heterocycles. The fourth-order valence-corrected chi connectivity index (χ4v) is 3.73. The van der Waals surface area contributed by atoms with E-state index >= 15 is 0 Å². The molecule has 1 aromatic carbocycles. The largest absolute Gasteiger partial charge is 0.492 e. The van der Waals surface area contributed by atoms with E-state index in [0.29, 0.717) is 24.7 Å². The Labute approximate surface area is 163 Å². The quantitative estimate of drug-likeness (QED) is 0.682. The number of hydrogen-bond acceptors (Lipinski definition) is 6. The summed E-state index contributed by atoms with van der Waals surface area (Å²) in [6, 6.07) is 11.2. The third kappa shape index (κ3) is 3.99. The second-order valence-electron chi connectivity index (χ2n) is 7.09. The molecule has 1 aliphatic rings. The number of hydrogen-bond donors (Lipinski definition) is 2. The summed E-state index contributed by atoms with van der Waals surface area (Å²) in [5, 5.41) is 4.09. The highest BCUT2D eigenvalue weighted by Crippen LogP contribution is 2.29. The smallest absolute Gasteiger partial charge is 0.252 e. The standard InChI is InChI=1S/C21H25N5O2/c22-12-13-28-18-9-7-16(8-10-18)24-21-23-14-15-6-11-19(27)26(20(15)25-21)17-4-2-1-3-5-17/h6-11,14,17H,1-5,12-13,22H2,(H,23,24,25). The number of benzene rings is 1. The topological polar surface area (TPSA) is 95.1 Å². The van der Waals surface area contributed by atoms with E-state index in [-0.39, 0.29) is 11.6 Å². The Morgan fingerprint density at radius 2 is 1.89 bits per heavy atom. The molecule has 7 nitrogen and oxygen atoms in total. The molecular weight excluding hydrogens is 354 g/mol. The molecule has 28 heavy (non-hydrogen) atoms. The van der Waals surface area contributed by atoms with E-state index in [1.165, 1.54) is 6.42 Å². The van der Waals surface area contributed by atoms with Gasteiger partial charge in [-0.1, -0.05) is 19.3 Å². The molecule has 3 aromatic rings. The highest BCUT2D eigenvalue weighted by atomic mass is 16.5. The summed E-state index contributed by atoms with van der Waals surface area (Å²) in [5.41, 5.74) is 7.00. The van der Waals surface area contributed by atoms with Crippen LogP contribution in [-0.4, -0.2) is 27.7 Å². The first-order chi connectivity index (χ1) is 13.7. The summed E-state index contributed by atoms with van der Waals surface area (Å²) >= 11 is 0. The van der Waals surface area contributed by atoms with Crippen LogP contribution in [0.15, 0.2) is 47.4 Å². The Kier molecular flexibility index (Phi) is 5.53. The van der Waals surface area contributed by atoms with Gasteiger partial charge >= 0.3 is 0 Å². The molecule has 3 N–H and O–H groups in total. The normalized spacial score (nSPS) is 14.9. The van der Waals surface area contributed by atoms with Gasteiger partial charge in [-0.2, -0.15) is 4.98 Å². The van der Waals surface area contributed by atoms with E-state index in [1.807, 2.05) is 28.8 Å². The van der Waals surface area contributed by atoms with Gasteiger partial charge in [-0.25, -0.2) is 4.98 Å². The molecule has 0 bridgehead atoms. The molecular formula is C21H25N5O2. The second-order valence-corrected chi connectivity index (χ2v) is 7.09. The minimum absolute atomic E-state index is 0.00505. The second kappa shape index (κ2) is 8.39. The molecule has 2 aromatic heterocycles. The number of rotatable bonds is 6. The molecule has 7 heteroatoms. The third-order valence-electron chi connectivity index (χ3n) is 5.10. The van der Waals surface area contributed by atoms with Crippen LogP contribution in [0.3, 0.4) is 0 Å². The molecule has 1 fully saturated rings. The van der Waals surface area contributed by atoms with E-state index < -0.39 is 0 Å². The van der Waals surface area contributed by atoms with Gasteiger partial charge in [0.1, 0.15) is 18.0 Å². The lowest BCUT2D eigenvalue weighted by Crippen LogP contribution is -2.26. The molecule has 4 rings (SSSR count). The van der Waals surface area contributed by atoms with Crippen molar-refractivity contribution in [3.63, 3.8) is 0 Å². The number of nitrogens with two attached hydrogens (primary N) is 1. The van der Waals surface area contributed by atoms with Crippen LogP contribution in [0.5, 0.6) is 5.75 Å². The highest BCUT2D eigenvalue weighted by Gasteiger charge is 2.19. The first-order valence-electron chi connectivity index (χ1n) is 9.83. The first-order valence-corrected chi connectivity index (χ1v) is 9.83. The summed E-state index contributed by atoms with van der Waals surface area (Å²) in [4.78, 5) is 21.7. The van der Waals surface area contributed by atoms with Crippen LogP contribution in [0, 0.1) is 0 Å². The number of anilines is 2. The third-order valence-corrected chi connectivity index (χ3v) is 5.10. The van der Waals surface area contributed by atoms with Gasteiger partial charge in [-0.3, -0.25) is 9.36 Å². The monoisotopic (exact) mass is 379 g/mol. The van der Waals surface area contributed by atoms with Crippen molar-refractivity contribution >= 4 is 22.7 Å². The predicted molar refractivity (Wildman–Crippen MR) is 110 cm³/mol. The van der Waals surface area contributed by atoms with Crippen molar-refractivity contribution in [1.82, 2.24) is 14.5 Å². The summed E-state index contributed by atoms with van der Waals surface area (Å²) in [6.07, 6.45) is 7.36. The number of fused-ring (bicyclic) bond motifs is 1.